The first kappa shape index (κ1) is 11.5. The van der Waals surface area contributed by atoms with Crippen molar-refractivity contribution in [1.29, 1.82) is 0 Å². The second kappa shape index (κ2) is 4.51. The van der Waals surface area contributed by atoms with E-state index in [1.54, 1.807) is 6.07 Å². The summed E-state index contributed by atoms with van der Waals surface area (Å²) in [5.41, 5.74) is 0.0830. The summed E-state index contributed by atoms with van der Waals surface area (Å²) in [5, 5.41) is 8.83. The van der Waals surface area contributed by atoms with Crippen LogP contribution < -0.4 is 0 Å². The van der Waals surface area contributed by atoms with Gasteiger partial charge < -0.3 is 10.0 Å². The van der Waals surface area contributed by atoms with E-state index >= 15 is 0 Å². The highest BCUT2D eigenvalue weighted by Gasteiger charge is 2.31. The van der Waals surface area contributed by atoms with Crippen LogP contribution >= 0.6 is 15.9 Å². The molecular formula is C11H11BrFNO2. The topological polar surface area (TPSA) is 40.5 Å². The second-order valence-corrected chi connectivity index (χ2v) is 4.80. The van der Waals surface area contributed by atoms with Crippen LogP contribution in [0.25, 0.3) is 0 Å². The first-order valence-electron chi connectivity index (χ1n) is 4.97. The number of likely N-dealkylation sites (tertiary alicyclic amines) is 1. The van der Waals surface area contributed by atoms with E-state index in [1.165, 1.54) is 17.0 Å². The molecular weight excluding hydrogens is 277 g/mol. The van der Waals surface area contributed by atoms with Gasteiger partial charge >= 0.3 is 0 Å². The van der Waals surface area contributed by atoms with Crippen molar-refractivity contribution in [2.75, 3.05) is 19.7 Å². The number of aliphatic hydroxyl groups excluding tert-OH is 1. The van der Waals surface area contributed by atoms with Crippen LogP contribution in [0.4, 0.5) is 4.39 Å². The summed E-state index contributed by atoms with van der Waals surface area (Å²) in [6, 6.07) is 4.38. The Morgan fingerprint density at radius 1 is 1.56 bits per heavy atom. The van der Waals surface area contributed by atoms with Crippen LogP contribution in [0.2, 0.25) is 0 Å². The van der Waals surface area contributed by atoms with Gasteiger partial charge in [0.05, 0.1) is 5.56 Å². The van der Waals surface area contributed by atoms with Gasteiger partial charge in [-0.15, -0.1) is 0 Å². The van der Waals surface area contributed by atoms with Gasteiger partial charge in [-0.3, -0.25) is 4.79 Å². The van der Waals surface area contributed by atoms with E-state index in [2.05, 4.69) is 15.9 Å². The minimum absolute atomic E-state index is 0.0760. The molecule has 1 fully saturated rings. The Bertz CT molecular complexity index is 418. The molecule has 1 aliphatic rings. The Morgan fingerprint density at radius 2 is 2.25 bits per heavy atom. The van der Waals surface area contributed by atoms with Crippen LogP contribution in [0.5, 0.6) is 0 Å². The van der Waals surface area contributed by atoms with Gasteiger partial charge in [0, 0.05) is 30.1 Å². The van der Waals surface area contributed by atoms with Crippen molar-refractivity contribution in [2.24, 2.45) is 5.92 Å². The van der Waals surface area contributed by atoms with Gasteiger partial charge in [-0.25, -0.2) is 4.39 Å². The predicted octanol–water partition coefficient (Wildman–Crippen LogP) is 1.65. The summed E-state index contributed by atoms with van der Waals surface area (Å²) in [5.74, 6) is -0.691. The Balaban J connectivity index is 2.10. The molecule has 0 atom stereocenters. The van der Waals surface area contributed by atoms with Gasteiger partial charge in [-0.05, 0) is 18.2 Å². The molecule has 16 heavy (non-hydrogen) atoms. The number of carbonyl (C=O) groups is 1. The van der Waals surface area contributed by atoms with E-state index in [0.29, 0.717) is 17.6 Å². The molecule has 0 aliphatic carbocycles. The zero-order chi connectivity index (χ0) is 11.7. The van der Waals surface area contributed by atoms with E-state index < -0.39 is 5.82 Å². The number of nitrogens with zero attached hydrogens (tertiary/aromatic N) is 1. The molecule has 0 radical (unpaired) electrons. The van der Waals surface area contributed by atoms with E-state index in [1.807, 2.05) is 0 Å². The monoisotopic (exact) mass is 287 g/mol. The average molecular weight is 288 g/mol. The quantitative estimate of drug-likeness (QED) is 0.899. The molecule has 0 aromatic heterocycles. The van der Waals surface area contributed by atoms with Crippen molar-refractivity contribution >= 4 is 21.8 Å². The highest BCUT2D eigenvalue weighted by molar-refractivity contribution is 9.10. The van der Waals surface area contributed by atoms with Gasteiger partial charge in [0.1, 0.15) is 5.82 Å². The molecule has 1 heterocycles. The summed E-state index contributed by atoms with van der Waals surface area (Å²) in [4.78, 5) is 13.3. The number of benzene rings is 1. The summed E-state index contributed by atoms with van der Waals surface area (Å²) in [6.07, 6.45) is 0. The number of hydrogen-bond donors (Lipinski definition) is 1. The lowest BCUT2D eigenvalue weighted by molar-refractivity contribution is 0.0358. The number of hydrogen-bond acceptors (Lipinski definition) is 2. The van der Waals surface area contributed by atoms with Gasteiger partial charge in [0.2, 0.25) is 0 Å². The van der Waals surface area contributed by atoms with Crippen molar-refractivity contribution < 1.29 is 14.3 Å². The Labute approximate surface area is 101 Å². The molecule has 0 spiro atoms. The van der Waals surface area contributed by atoms with Crippen LogP contribution in [0, 0.1) is 11.7 Å². The largest absolute Gasteiger partial charge is 0.396 e. The van der Waals surface area contributed by atoms with Gasteiger partial charge in [0.15, 0.2) is 0 Å². The minimum atomic E-state index is -0.521. The fourth-order valence-electron chi connectivity index (χ4n) is 1.68. The molecule has 3 nitrogen and oxygen atoms in total. The Hall–Kier alpha value is -0.940. The molecule has 1 N–H and O–H groups in total. The van der Waals surface area contributed by atoms with Crippen molar-refractivity contribution in [3.05, 3.63) is 34.1 Å². The number of carbonyl (C=O) groups excluding carboxylic acids is 1. The molecule has 2 rings (SSSR count). The van der Waals surface area contributed by atoms with E-state index in [4.69, 9.17) is 5.11 Å². The van der Waals surface area contributed by atoms with Crippen molar-refractivity contribution in [3.63, 3.8) is 0 Å². The Morgan fingerprint density at radius 3 is 2.81 bits per heavy atom. The van der Waals surface area contributed by atoms with E-state index in [9.17, 15) is 9.18 Å². The normalized spacial score (nSPS) is 16.1. The zero-order valence-corrected chi connectivity index (χ0v) is 10.1. The van der Waals surface area contributed by atoms with E-state index in [-0.39, 0.29) is 24.0 Å². The Kier molecular flexibility index (Phi) is 3.25. The highest BCUT2D eigenvalue weighted by atomic mass is 79.9. The molecule has 86 valence electrons. The summed E-state index contributed by atoms with van der Waals surface area (Å²) >= 11 is 3.14. The van der Waals surface area contributed by atoms with E-state index in [0.717, 1.165) is 0 Å². The van der Waals surface area contributed by atoms with Gasteiger partial charge in [0.25, 0.3) is 5.91 Å². The predicted molar refractivity (Wildman–Crippen MR) is 60.6 cm³/mol. The second-order valence-electron chi connectivity index (χ2n) is 3.88. The summed E-state index contributed by atoms with van der Waals surface area (Å²) in [7, 11) is 0. The molecule has 1 aromatic rings. The lowest BCUT2D eigenvalue weighted by Crippen LogP contribution is -2.51. The molecule has 1 aromatic carbocycles. The van der Waals surface area contributed by atoms with Crippen molar-refractivity contribution in [2.45, 2.75) is 0 Å². The maximum absolute atomic E-state index is 13.5. The third-order valence-corrected chi connectivity index (χ3v) is 3.16. The van der Waals surface area contributed by atoms with Crippen LogP contribution in [0.15, 0.2) is 22.7 Å². The first-order valence-corrected chi connectivity index (χ1v) is 5.76. The number of aliphatic hydroxyl groups is 1. The third kappa shape index (κ3) is 2.10. The lowest BCUT2D eigenvalue weighted by atomic mass is 10.00. The molecule has 1 aliphatic heterocycles. The first-order chi connectivity index (χ1) is 7.61. The highest BCUT2D eigenvalue weighted by Crippen LogP contribution is 2.21. The van der Waals surface area contributed by atoms with Gasteiger partial charge in [-0.2, -0.15) is 0 Å². The molecule has 1 saturated heterocycles. The van der Waals surface area contributed by atoms with Crippen LogP contribution in [0.1, 0.15) is 10.4 Å². The molecule has 1 amide bonds. The minimum Gasteiger partial charge on any atom is -0.396 e. The maximum Gasteiger partial charge on any atom is 0.256 e. The summed E-state index contributed by atoms with van der Waals surface area (Å²) in [6.45, 7) is 1.09. The number of halogens is 2. The smallest absolute Gasteiger partial charge is 0.256 e. The average Bonchev–Trinajstić information content (AvgIpc) is 2.15. The molecule has 0 saturated carbocycles. The summed E-state index contributed by atoms with van der Waals surface area (Å²) < 4.78 is 14.1. The number of amides is 1. The number of rotatable bonds is 2. The fraction of sp³-hybridized carbons (Fsp3) is 0.364. The van der Waals surface area contributed by atoms with Crippen LogP contribution in [-0.4, -0.2) is 35.6 Å². The fourth-order valence-corrected chi connectivity index (χ4v) is 2.02. The molecule has 5 heteroatoms. The zero-order valence-electron chi connectivity index (χ0n) is 8.49. The standard InChI is InChI=1S/C11H11BrFNO2/c12-8-1-2-9(10(13)3-8)11(16)14-4-7(5-14)6-15/h1-3,7,15H,4-6H2. The van der Waals surface area contributed by atoms with Crippen LogP contribution in [0.3, 0.4) is 0 Å². The van der Waals surface area contributed by atoms with Gasteiger partial charge in [-0.1, -0.05) is 15.9 Å². The lowest BCUT2D eigenvalue weighted by Gasteiger charge is -2.38. The maximum atomic E-state index is 13.5. The molecule has 0 unspecified atom stereocenters. The van der Waals surface area contributed by atoms with Crippen molar-refractivity contribution in [3.8, 4) is 0 Å². The van der Waals surface area contributed by atoms with Crippen LogP contribution in [-0.2, 0) is 0 Å². The SMILES string of the molecule is O=C(c1ccc(Br)cc1F)N1CC(CO)C1. The molecule has 0 bridgehead atoms. The third-order valence-electron chi connectivity index (χ3n) is 2.66. The van der Waals surface area contributed by atoms with Crippen molar-refractivity contribution in [1.82, 2.24) is 4.90 Å².